The maximum atomic E-state index is 6.02. The summed E-state index contributed by atoms with van der Waals surface area (Å²) in [6, 6.07) is 1.34. The first-order valence-corrected chi connectivity index (χ1v) is 9.18. The van der Waals surface area contributed by atoms with Crippen molar-refractivity contribution in [2.45, 2.75) is 58.5 Å². The Morgan fingerprint density at radius 1 is 1.20 bits per heavy atom. The van der Waals surface area contributed by atoms with Gasteiger partial charge in [0.1, 0.15) is 0 Å². The zero-order chi connectivity index (χ0) is 11.1. The second kappa shape index (κ2) is 6.66. The molecule has 1 fully saturated rings. The van der Waals surface area contributed by atoms with E-state index < -0.39 is 8.48 Å². The number of hydrogen-bond donors (Lipinski definition) is 0. The van der Waals surface area contributed by atoms with Crippen molar-refractivity contribution in [1.29, 1.82) is 0 Å². The van der Waals surface area contributed by atoms with Crippen LogP contribution in [0.5, 0.6) is 0 Å². The van der Waals surface area contributed by atoms with Gasteiger partial charge < -0.3 is 8.99 Å². The van der Waals surface area contributed by atoms with Crippen molar-refractivity contribution in [3.63, 3.8) is 0 Å². The normalized spacial score (nSPS) is 27.4. The third-order valence-electron chi connectivity index (χ3n) is 3.47. The molecule has 1 heterocycles. The Bertz CT molecular complexity index is 177. The number of unbranched alkanes of at least 4 members (excludes halogenated alkanes) is 3. The first-order valence-electron chi connectivity index (χ1n) is 6.62. The third kappa shape index (κ3) is 3.89. The topological polar surface area (TPSA) is 12.5 Å². The van der Waals surface area contributed by atoms with Crippen molar-refractivity contribution in [2.75, 3.05) is 19.7 Å². The van der Waals surface area contributed by atoms with Crippen LogP contribution < -0.4 is 0 Å². The zero-order valence-electron chi connectivity index (χ0n) is 10.7. The van der Waals surface area contributed by atoms with E-state index in [1.807, 2.05) is 0 Å². The lowest BCUT2D eigenvalue weighted by molar-refractivity contribution is 0.268. The maximum absolute atomic E-state index is 6.02. The summed E-state index contributed by atoms with van der Waals surface area (Å²) in [5, 5.41) is 0. The zero-order valence-corrected chi connectivity index (χ0v) is 11.7. The molecular formula is C12H27NOSi. The van der Waals surface area contributed by atoms with Crippen LogP contribution in [0.25, 0.3) is 0 Å². The highest BCUT2D eigenvalue weighted by atomic mass is 28.4. The fraction of sp³-hybridized carbons (Fsp3) is 1.00. The Balaban J connectivity index is 2.26. The van der Waals surface area contributed by atoms with Crippen molar-refractivity contribution in [3.05, 3.63) is 0 Å². The summed E-state index contributed by atoms with van der Waals surface area (Å²) in [5.74, 6) is 0. The lowest BCUT2D eigenvalue weighted by atomic mass is 10.2. The quantitative estimate of drug-likeness (QED) is 0.490. The molecule has 0 aliphatic carbocycles. The third-order valence-corrected chi connectivity index (χ3v) is 7.45. The van der Waals surface area contributed by atoms with E-state index in [0.717, 1.165) is 6.61 Å². The van der Waals surface area contributed by atoms with Gasteiger partial charge in [0.15, 0.2) is 0 Å². The molecule has 15 heavy (non-hydrogen) atoms. The number of rotatable bonds is 7. The average molecular weight is 229 g/mol. The van der Waals surface area contributed by atoms with Crippen molar-refractivity contribution in [3.8, 4) is 0 Å². The second-order valence-corrected chi connectivity index (χ2v) is 8.53. The van der Waals surface area contributed by atoms with E-state index in [2.05, 4.69) is 25.0 Å². The fourth-order valence-corrected chi connectivity index (χ4v) is 5.89. The smallest absolute Gasteiger partial charge is 0.268 e. The number of hydrogen-bond acceptors (Lipinski definition) is 2. The predicted octanol–water partition coefficient (Wildman–Crippen LogP) is 3.38. The van der Waals surface area contributed by atoms with Crippen molar-refractivity contribution < 1.29 is 4.43 Å². The molecule has 1 saturated heterocycles. The largest absolute Gasteiger partial charge is 0.403 e. The van der Waals surface area contributed by atoms with Gasteiger partial charge in [-0.05, 0) is 45.4 Å². The molecule has 0 aromatic carbocycles. The van der Waals surface area contributed by atoms with Crippen LogP contribution in [-0.4, -0.2) is 32.7 Å². The number of nitrogens with zero attached hydrogens (tertiary/aromatic N) is 1. The summed E-state index contributed by atoms with van der Waals surface area (Å²) in [5.41, 5.74) is 0. The van der Waals surface area contributed by atoms with Crippen molar-refractivity contribution in [2.24, 2.45) is 0 Å². The first kappa shape index (κ1) is 13.2. The lowest BCUT2D eigenvalue weighted by Gasteiger charge is -2.32. The molecule has 0 aromatic heterocycles. The Labute approximate surface area is 96.2 Å². The first-order chi connectivity index (χ1) is 7.23. The van der Waals surface area contributed by atoms with Crippen LogP contribution in [-0.2, 0) is 4.43 Å². The molecule has 1 atom stereocenters. The Hall–Kier alpha value is 0.137. The van der Waals surface area contributed by atoms with Gasteiger partial charge in [-0.25, -0.2) is 0 Å². The van der Waals surface area contributed by atoms with Gasteiger partial charge in [-0.1, -0.05) is 26.2 Å². The lowest BCUT2D eigenvalue weighted by Crippen LogP contribution is -2.49. The van der Waals surface area contributed by atoms with Crippen LogP contribution >= 0.6 is 0 Å². The SMILES string of the molecule is CCCCCCN1CCC[Si]1(C)OCC. The van der Waals surface area contributed by atoms with Crippen LogP contribution in [0.4, 0.5) is 0 Å². The van der Waals surface area contributed by atoms with E-state index in [1.54, 1.807) is 0 Å². The summed E-state index contributed by atoms with van der Waals surface area (Å²) in [6.07, 6.45) is 6.84. The average Bonchev–Trinajstić information content (AvgIpc) is 2.56. The molecule has 1 aliphatic heterocycles. The standard InChI is InChI=1S/C12H27NOSi/c1-4-6-7-8-10-13-11-9-12-15(13,3)14-5-2/h4-12H2,1-3H3. The molecule has 1 aliphatic rings. The van der Waals surface area contributed by atoms with E-state index in [-0.39, 0.29) is 0 Å². The van der Waals surface area contributed by atoms with Gasteiger partial charge in [0, 0.05) is 6.61 Å². The molecule has 3 heteroatoms. The molecule has 0 aromatic rings. The van der Waals surface area contributed by atoms with Crippen LogP contribution in [0, 0.1) is 0 Å². The minimum absolute atomic E-state index is 0.897. The van der Waals surface area contributed by atoms with E-state index in [9.17, 15) is 0 Å². The predicted molar refractivity (Wildman–Crippen MR) is 68.4 cm³/mol. The molecular weight excluding hydrogens is 202 g/mol. The molecule has 1 unspecified atom stereocenters. The molecule has 0 saturated carbocycles. The summed E-state index contributed by atoms with van der Waals surface area (Å²) in [4.78, 5) is 0. The minimum atomic E-state index is -1.44. The second-order valence-electron chi connectivity index (χ2n) is 4.76. The van der Waals surface area contributed by atoms with Crippen molar-refractivity contribution >= 4 is 8.48 Å². The van der Waals surface area contributed by atoms with Crippen LogP contribution in [0.3, 0.4) is 0 Å². The highest BCUT2D eigenvalue weighted by molar-refractivity contribution is 6.70. The molecule has 1 rings (SSSR count). The van der Waals surface area contributed by atoms with Crippen LogP contribution in [0.15, 0.2) is 0 Å². The Kier molecular flexibility index (Phi) is 5.86. The molecule has 2 nitrogen and oxygen atoms in total. The van der Waals surface area contributed by atoms with Crippen LogP contribution in [0.2, 0.25) is 12.6 Å². The van der Waals surface area contributed by atoms with Gasteiger partial charge in [-0.2, -0.15) is 0 Å². The highest BCUT2D eigenvalue weighted by Gasteiger charge is 2.40. The van der Waals surface area contributed by atoms with E-state index >= 15 is 0 Å². The monoisotopic (exact) mass is 229 g/mol. The van der Waals surface area contributed by atoms with Gasteiger partial charge >= 0.3 is 0 Å². The van der Waals surface area contributed by atoms with Gasteiger partial charge in [0.05, 0.1) is 0 Å². The Morgan fingerprint density at radius 3 is 2.67 bits per heavy atom. The highest BCUT2D eigenvalue weighted by Crippen LogP contribution is 2.27. The molecule has 0 amide bonds. The summed E-state index contributed by atoms with van der Waals surface area (Å²) < 4.78 is 8.70. The molecule has 0 spiro atoms. The minimum Gasteiger partial charge on any atom is -0.403 e. The van der Waals surface area contributed by atoms with E-state index in [1.165, 1.54) is 51.2 Å². The summed E-state index contributed by atoms with van der Waals surface area (Å²) in [7, 11) is -1.44. The summed E-state index contributed by atoms with van der Waals surface area (Å²) in [6.45, 7) is 10.3. The fourth-order valence-electron chi connectivity index (χ4n) is 2.54. The maximum Gasteiger partial charge on any atom is 0.268 e. The van der Waals surface area contributed by atoms with Gasteiger partial charge in [0.25, 0.3) is 8.48 Å². The Morgan fingerprint density at radius 2 is 2.00 bits per heavy atom. The summed E-state index contributed by atoms with van der Waals surface area (Å²) >= 11 is 0. The molecule has 0 N–H and O–H groups in total. The van der Waals surface area contributed by atoms with Gasteiger partial charge in [0.2, 0.25) is 0 Å². The van der Waals surface area contributed by atoms with Gasteiger partial charge in [-0.3, -0.25) is 0 Å². The molecule has 0 bridgehead atoms. The van der Waals surface area contributed by atoms with Crippen LogP contribution in [0.1, 0.15) is 46.0 Å². The van der Waals surface area contributed by atoms with E-state index in [4.69, 9.17) is 4.43 Å². The van der Waals surface area contributed by atoms with E-state index in [0.29, 0.717) is 0 Å². The molecule has 0 radical (unpaired) electrons. The van der Waals surface area contributed by atoms with Crippen molar-refractivity contribution in [1.82, 2.24) is 4.57 Å². The van der Waals surface area contributed by atoms with Gasteiger partial charge in [-0.15, -0.1) is 0 Å². The molecule has 90 valence electrons.